The van der Waals surface area contributed by atoms with Gasteiger partial charge < -0.3 is 15.8 Å². The van der Waals surface area contributed by atoms with Gasteiger partial charge in [-0.15, -0.1) is 0 Å². The summed E-state index contributed by atoms with van der Waals surface area (Å²) in [5.41, 5.74) is 6.67. The van der Waals surface area contributed by atoms with Crippen LogP contribution in [0.3, 0.4) is 0 Å². The number of nitrogen functional groups attached to an aromatic ring is 1. The molecule has 0 saturated heterocycles. The van der Waals surface area contributed by atoms with Gasteiger partial charge in [0.25, 0.3) is 5.91 Å². The highest BCUT2D eigenvalue weighted by Gasteiger charge is 2.11. The van der Waals surface area contributed by atoms with Gasteiger partial charge in [-0.25, -0.2) is 0 Å². The van der Waals surface area contributed by atoms with E-state index in [4.69, 9.17) is 10.5 Å². The molecule has 0 radical (unpaired) electrons. The molecule has 3 N–H and O–H groups in total. The zero-order valence-corrected chi connectivity index (χ0v) is 8.99. The van der Waals surface area contributed by atoms with Crippen LogP contribution < -0.4 is 11.1 Å². The van der Waals surface area contributed by atoms with Crippen LogP contribution in [0.25, 0.3) is 0 Å². The second kappa shape index (κ2) is 5.36. The minimum absolute atomic E-state index is 0.0258. The summed E-state index contributed by atoms with van der Waals surface area (Å²) in [5, 5.41) is 2.79. The van der Waals surface area contributed by atoms with E-state index in [-0.39, 0.29) is 11.9 Å². The molecule has 0 aromatic heterocycles. The van der Waals surface area contributed by atoms with Crippen LogP contribution in [0.2, 0.25) is 0 Å². The fraction of sp³-hybridized carbons (Fsp3) is 0.364. The van der Waals surface area contributed by atoms with Crippen molar-refractivity contribution in [3.05, 3.63) is 29.8 Å². The summed E-state index contributed by atoms with van der Waals surface area (Å²) in [6.07, 6.45) is 0. The number of nitrogens with two attached hydrogens (primary N) is 1. The number of rotatable bonds is 4. The van der Waals surface area contributed by atoms with Crippen LogP contribution >= 0.6 is 0 Å². The van der Waals surface area contributed by atoms with Crippen molar-refractivity contribution in [2.24, 2.45) is 0 Å². The Bertz CT molecular complexity index is 339. The van der Waals surface area contributed by atoms with E-state index in [0.29, 0.717) is 17.9 Å². The molecule has 0 aliphatic rings. The monoisotopic (exact) mass is 208 g/mol. The topological polar surface area (TPSA) is 64.3 Å². The van der Waals surface area contributed by atoms with Gasteiger partial charge in [0.05, 0.1) is 12.2 Å². The molecule has 4 nitrogen and oxygen atoms in total. The number of ether oxygens (including phenoxy) is 1. The first-order valence-electron chi connectivity index (χ1n) is 4.79. The van der Waals surface area contributed by atoms with Gasteiger partial charge in [0.2, 0.25) is 0 Å². The van der Waals surface area contributed by atoms with Gasteiger partial charge >= 0.3 is 0 Å². The molecule has 4 heteroatoms. The Hall–Kier alpha value is -1.55. The van der Waals surface area contributed by atoms with Crippen LogP contribution in [0.4, 0.5) is 5.69 Å². The third-order valence-corrected chi connectivity index (χ3v) is 2.00. The molecule has 0 aliphatic carbocycles. The molecule has 1 atom stereocenters. The number of amides is 1. The van der Waals surface area contributed by atoms with Gasteiger partial charge in [-0.3, -0.25) is 4.79 Å². The number of anilines is 1. The predicted molar refractivity (Wildman–Crippen MR) is 59.7 cm³/mol. The number of para-hydroxylation sites is 1. The number of hydrogen-bond acceptors (Lipinski definition) is 3. The largest absolute Gasteiger partial charge is 0.398 e. The van der Waals surface area contributed by atoms with E-state index in [1.54, 1.807) is 31.4 Å². The summed E-state index contributed by atoms with van der Waals surface area (Å²) in [7, 11) is 1.60. The van der Waals surface area contributed by atoms with Crippen molar-refractivity contribution >= 4 is 11.6 Å². The summed E-state index contributed by atoms with van der Waals surface area (Å²) in [5.74, 6) is -0.169. The number of methoxy groups -OCH3 is 1. The lowest BCUT2D eigenvalue weighted by Crippen LogP contribution is -2.35. The Kier molecular flexibility index (Phi) is 4.12. The standard InChI is InChI=1S/C11H16N2O2/c1-8(7-15-2)13-11(14)9-5-3-4-6-10(9)12/h3-6,8H,7,12H2,1-2H3,(H,13,14). The lowest BCUT2D eigenvalue weighted by atomic mass is 10.1. The summed E-state index contributed by atoms with van der Waals surface area (Å²) in [4.78, 5) is 11.7. The van der Waals surface area contributed by atoms with Crippen molar-refractivity contribution in [2.75, 3.05) is 19.5 Å². The van der Waals surface area contributed by atoms with Gasteiger partial charge in [0.15, 0.2) is 0 Å². The molecule has 0 fully saturated rings. The minimum atomic E-state index is -0.169. The van der Waals surface area contributed by atoms with E-state index in [9.17, 15) is 4.79 Å². The summed E-state index contributed by atoms with van der Waals surface area (Å²) in [6.45, 7) is 2.36. The average Bonchev–Trinajstić information content (AvgIpc) is 2.18. The second-order valence-electron chi connectivity index (χ2n) is 3.42. The van der Waals surface area contributed by atoms with E-state index >= 15 is 0 Å². The maximum absolute atomic E-state index is 11.7. The van der Waals surface area contributed by atoms with Crippen molar-refractivity contribution in [3.63, 3.8) is 0 Å². The van der Waals surface area contributed by atoms with Gasteiger partial charge in [0.1, 0.15) is 0 Å². The average molecular weight is 208 g/mol. The lowest BCUT2D eigenvalue weighted by molar-refractivity contribution is 0.0906. The number of nitrogens with one attached hydrogen (secondary N) is 1. The second-order valence-corrected chi connectivity index (χ2v) is 3.42. The summed E-state index contributed by atoms with van der Waals surface area (Å²) >= 11 is 0. The Labute approximate surface area is 89.4 Å². The third-order valence-electron chi connectivity index (χ3n) is 2.00. The number of carbonyl (C=O) groups excluding carboxylic acids is 1. The van der Waals surface area contributed by atoms with Crippen molar-refractivity contribution in [1.82, 2.24) is 5.32 Å². The molecular formula is C11H16N2O2. The maximum Gasteiger partial charge on any atom is 0.253 e. The number of hydrogen-bond donors (Lipinski definition) is 2. The smallest absolute Gasteiger partial charge is 0.253 e. The fourth-order valence-electron chi connectivity index (χ4n) is 1.30. The van der Waals surface area contributed by atoms with Crippen molar-refractivity contribution in [3.8, 4) is 0 Å². The third kappa shape index (κ3) is 3.25. The first-order valence-corrected chi connectivity index (χ1v) is 4.79. The molecule has 82 valence electrons. The highest BCUT2D eigenvalue weighted by molar-refractivity contribution is 5.99. The summed E-state index contributed by atoms with van der Waals surface area (Å²) < 4.78 is 4.92. The van der Waals surface area contributed by atoms with E-state index in [1.165, 1.54) is 0 Å². The molecule has 1 amide bonds. The van der Waals surface area contributed by atoms with Crippen LogP contribution in [0, 0.1) is 0 Å². The van der Waals surface area contributed by atoms with E-state index in [2.05, 4.69) is 5.32 Å². The molecule has 1 rings (SSSR count). The van der Waals surface area contributed by atoms with Crippen molar-refractivity contribution in [2.45, 2.75) is 13.0 Å². The Morgan fingerprint density at radius 1 is 1.53 bits per heavy atom. The molecule has 1 aromatic rings. The van der Waals surface area contributed by atoms with Crippen LogP contribution in [0.5, 0.6) is 0 Å². The Morgan fingerprint density at radius 2 is 2.20 bits per heavy atom. The Balaban J connectivity index is 2.65. The van der Waals surface area contributed by atoms with E-state index in [0.717, 1.165) is 0 Å². The predicted octanol–water partition coefficient (Wildman–Crippen LogP) is 1.03. The molecule has 1 aromatic carbocycles. The molecule has 0 saturated carbocycles. The normalized spacial score (nSPS) is 12.1. The fourth-order valence-corrected chi connectivity index (χ4v) is 1.30. The number of benzene rings is 1. The van der Waals surface area contributed by atoms with Gasteiger partial charge in [-0.1, -0.05) is 12.1 Å². The molecule has 15 heavy (non-hydrogen) atoms. The van der Waals surface area contributed by atoms with Gasteiger partial charge in [-0.2, -0.15) is 0 Å². The van der Waals surface area contributed by atoms with E-state index in [1.807, 2.05) is 6.92 Å². The van der Waals surface area contributed by atoms with Crippen LogP contribution in [0.15, 0.2) is 24.3 Å². The quantitative estimate of drug-likeness (QED) is 0.726. The van der Waals surface area contributed by atoms with Crippen molar-refractivity contribution < 1.29 is 9.53 Å². The van der Waals surface area contributed by atoms with Gasteiger partial charge in [-0.05, 0) is 19.1 Å². The first kappa shape index (κ1) is 11.5. The van der Waals surface area contributed by atoms with Crippen LogP contribution in [0.1, 0.15) is 17.3 Å². The van der Waals surface area contributed by atoms with Crippen molar-refractivity contribution in [1.29, 1.82) is 0 Å². The zero-order chi connectivity index (χ0) is 11.3. The van der Waals surface area contributed by atoms with Crippen LogP contribution in [-0.2, 0) is 4.74 Å². The SMILES string of the molecule is COCC(C)NC(=O)c1ccccc1N. The summed E-state index contributed by atoms with van der Waals surface area (Å²) in [6, 6.07) is 6.96. The Morgan fingerprint density at radius 3 is 2.80 bits per heavy atom. The van der Waals surface area contributed by atoms with Gasteiger partial charge in [0, 0.05) is 18.8 Å². The zero-order valence-electron chi connectivity index (χ0n) is 8.99. The molecule has 0 aliphatic heterocycles. The molecule has 1 unspecified atom stereocenters. The number of carbonyl (C=O) groups is 1. The lowest BCUT2D eigenvalue weighted by Gasteiger charge is -2.13. The molecular weight excluding hydrogens is 192 g/mol. The molecule has 0 heterocycles. The first-order chi connectivity index (χ1) is 7.15. The maximum atomic E-state index is 11.7. The van der Waals surface area contributed by atoms with E-state index < -0.39 is 0 Å². The highest BCUT2D eigenvalue weighted by atomic mass is 16.5. The van der Waals surface area contributed by atoms with Crippen LogP contribution in [-0.4, -0.2) is 25.7 Å². The minimum Gasteiger partial charge on any atom is -0.398 e. The molecule has 0 bridgehead atoms. The highest BCUT2D eigenvalue weighted by Crippen LogP contribution is 2.10. The molecule has 0 spiro atoms.